The summed E-state index contributed by atoms with van der Waals surface area (Å²) in [5.74, 6) is 3.66. The fourth-order valence-corrected chi connectivity index (χ4v) is 5.07. The zero-order valence-corrected chi connectivity index (χ0v) is 20.6. The van der Waals surface area contributed by atoms with Crippen LogP contribution >= 0.6 is 0 Å². The highest BCUT2D eigenvalue weighted by atomic mass is 16.7. The summed E-state index contributed by atoms with van der Waals surface area (Å²) in [4.78, 5) is 19.7. The van der Waals surface area contributed by atoms with Crippen LogP contribution in [-0.2, 0) is 17.9 Å². The van der Waals surface area contributed by atoms with E-state index < -0.39 is 0 Å². The number of likely N-dealkylation sites (tertiary alicyclic amines) is 1. The predicted molar refractivity (Wildman–Crippen MR) is 141 cm³/mol. The third-order valence-electron chi connectivity index (χ3n) is 7.02. The summed E-state index contributed by atoms with van der Waals surface area (Å²) in [6.45, 7) is 3.70. The first-order chi connectivity index (χ1) is 18.2. The van der Waals surface area contributed by atoms with E-state index in [2.05, 4.69) is 33.0 Å². The summed E-state index contributed by atoms with van der Waals surface area (Å²) in [5.41, 5.74) is 2.85. The molecule has 1 N–H and O–H groups in total. The highest BCUT2D eigenvalue weighted by Crippen LogP contribution is 2.34. The number of piperidine rings is 1. The minimum atomic E-state index is -0.0155. The van der Waals surface area contributed by atoms with Crippen molar-refractivity contribution in [2.75, 3.05) is 31.7 Å². The van der Waals surface area contributed by atoms with Crippen LogP contribution < -0.4 is 19.5 Å². The molecule has 4 aromatic rings. The summed E-state index contributed by atoms with van der Waals surface area (Å²) in [7, 11) is 0. The molecule has 8 nitrogen and oxygen atoms in total. The fraction of sp³-hybridized carbons (Fsp3) is 0.310. The number of hydrogen-bond acceptors (Lipinski definition) is 6. The van der Waals surface area contributed by atoms with E-state index in [-0.39, 0.29) is 12.7 Å². The van der Waals surface area contributed by atoms with E-state index in [1.54, 1.807) is 6.07 Å². The van der Waals surface area contributed by atoms with Crippen molar-refractivity contribution in [2.24, 2.45) is 5.92 Å². The molecule has 3 aromatic carbocycles. The molecule has 0 atom stereocenters. The van der Waals surface area contributed by atoms with Crippen molar-refractivity contribution in [1.82, 2.24) is 14.5 Å². The Bertz CT molecular complexity index is 1380. The van der Waals surface area contributed by atoms with Gasteiger partial charge < -0.3 is 24.1 Å². The van der Waals surface area contributed by atoms with Gasteiger partial charge in [-0.2, -0.15) is 0 Å². The molecule has 2 aliphatic rings. The number of benzene rings is 3. The van der Waals surface area contributed by atoms with Crippen molar-refractivity contribution in [1.29, 1.82) is 0 Å². The number of hydrogen-bond donors (Lipinski definition) is 1. The lowest BCUT2D eigenvalue weighted by molar-refractivity contribution is -0.117. The Morgan fingerprint density at radius 3 is 2.62 bits per heavy atom. The number of fused-ring (bicyclic) bond motifs is 2. The lowest BCUT2D eigenvalue weighted by Crippen LogP contribution is -2.40. The molecule has 2 aliphatic heterocycles. The highest BCUT2D eigenvalue weighted by Gasteiger charge is 2.23. The predicted octanol–water partition coefficient (Wildman–Crippen LogP) is 4.69. The van der Waals surface area contributed by atoms with Crippen molar-refractivity contribution in [3.63, 3.8) is 0 Å². The molecule has 1 saturated heterocycles. The molecule has 1 aromatic heterocycles. The fourth-order valence-electron chi connectivity index (χ4n) is 5.07. The molecule has 0 aliphatic carbocycles. The van der Waals surface area contributed by atoms with Crippen molar-refractivity contribution >= 4 is 22.6 Å². The zero-order valence-electron chi connectivity index (χ0n) is 20.6. The number of nitrogens with one attached hydrogen (secondary N) is 1. The van der Waals surface area contributed by atoms with Crippen LogP contribution in [0.15, 0.2) is 72.8 Å². The van der Waals surface area contributed by atoms with Crippen LogP contribution in [0.2, 0.25) is 0 Å². The second kappa shape index (κ2) is 10.5. The van der Waals surface area contributed by atoms with Gasteiger partial charge in [-0.15, -0.1) is 0 Å². The lowest BCUT2D eigenvalue weighted by atomic mass is 9.96. The Labute approximate surface area is 215 Å². The molecule has 6 rings (SSSR count). The van der Waals surface area contributed by atoms with Crippen LogP contribution in [0.4, 0.5) is 5.69 Å². The first-order valence-corrected chi connectivity index (χ1v) is 12.7. The molecular formula is C29H30N4O4. The number of anilines is 1. The first kappa shape index (κ1) is 23.4. The molecular weight excluding hydrogens is 468 g/mol. The zero-order chi connectivity index (χ0) is 25.0. The summed E-state index contributed by atoms with van der Waals surface area (Å²) < 4.78 is 19.1. The summed E-state index contributed by atoms with van der Waals surface area (Å²) in [6.07, 6.45) is 2.06. The maximum absolute atomic E-state index is 12.6. The van der Waals surface area contributed by atoms with Crippen LogP contribution in [0.25, 0.3) is 11.0 Å². The largest absolute Gasteiger partial charge is 0.486 e. The average Bonchev–Trinajstić information content (AvgIpc) is 3.53. The van der Waals surface area contributed by atoms with E-state index in [0.29, 0.717) is 30.6 Å². The highest BCUT2D eigenvalue weighted by molar-refractivity contribution is 5.92. The minimum absolute atomic E-state index is 0.0155. The summed E-state index contributed by atoms with van der Waals surface area (Å²) >= 11 is 0. The molecule has 8 heteroatoms. The monoisotopic (exact) mass is 498 g/mol. The third kappa shape index (κ3) is 5.39. The normalized spacial score (nSPS) is 15.7. The Hall–Kier alpha value is -4.04. The van der Waals surface area contributed by atoms with Crippen LogP contribution in [0, 0.1) is 5.92 Å². The first-order valence-electron chi connectivity index (χ1n) is 12.7. The maximum atomic E-state index is 12.6. The quantitative estimate of drug-likeness (QED) is 0.380. The number of nitrogens with zero attached hydrogens (tertiary/aromatic N) is 3. The van der Waals surface area contributed by atoms with Gasteiger partial charge in [-0.05, 0) is 68.2 Å². The van der Waals surface area contributed by atoms with Crippen LogP contribution in [0.3, 0.4) is 0 Å². The number of carbonyl (C=O) groups excluding carboxylic acids is 1. The number of para-hydroxylation sites is 3. The summed E-state index contributed by atoms with van der Waals surface area (Å²) in [6, 6.07) is 23.6. The Morgan fingerprint density at radius 2 is 1.76 bits per heavy atom. The molecule has 1 amide bonds. The number of carbonyl (C=O) groups is 1. The van der Waals surface area contributed by atoms with Crippen molar-refractivity contribution in [2.45, 2.75) is 26.0 Å². The van der Waals surface area contributed by atoms with Crippen LogP contribution in [-0.4, -0.2) is 46.8 Å². The van der Waals surface area contributed by atoms with E-state index in [9.17, 15) is 4.79 Å². The third-order valence-corrected chi connectivity index (χ3v) is 7.02. The Morgan fingerprint density at radius 1 is 0.973 bits per heavy atom. The van der Waals surface area contributed by atoms with Gasteiger partial charge in [-0.3, -0.25) is 9.69 Å². The van der Waals surface area contributed by atoms with Gasteiger partial charge in [0.2, 0.25) is 12.7 Å². The SMILES string of the molecule is O=C(CN1CCC(Cn2c(COc3ccccc3)nc3ccccc32)CC1)Nc1ccc2c(c1)OCO2. The number of aromatic nitrogens is 2. The molecule has 0 saturated carbocycles. The molecule has 3 heterocycles. The van der Waals surface area contributed by atoms with Gasteiger partial charge in [-0.1, -0.05) is 30.3 Å². The van der Waals surface area contributed by atoms with E-state index >= 15 is 0 Å². The van der Waals surface area contributed by atoms with Gasteiger partial charge in [0.1, 0.15) is 18.2 Å². The van der Waals surface area contributed by atoms with E-state index in [1.165, 1.54) is 0 Å². The van der Waals surface area contributed by atoms with Crippen molar-refractivity contribution in [3.05, 3.63) is 78.6 Å². The van der Waals surface area contributed by atoms with Crippen LogP contribution in [0.5, 0.6) is 17.2 Å². The number of amides is 1. The molecule has 190 valence electrons. The Kier molecular flexibility index (Phi) is 6.64. The van der Waals surface area contributed by atoms with Gasteiger partial charge >= 0.3 is 0 Å². The van der Waals surface area contributed by atoms with E-state index in [0.717, 1.165) is 60.8 Å². The van der Waals surface area contributed by atoms with Crippen molar-refractivity contribution in [3.8, 4) is 17.2 Å². The van der Waals surface area contributed by atoms with E-state index in [4.69, 9.17) is 19.2 Å². The molecule has 1 fully saturated rings. The molecule has 0 bridgehead atoms. The topological polar surface area (TPSA) is 77.9 Å². The number of ether oxygens (including phenoxy) is 3. The number of imidazole rings is 1. The van der Waals surface area contributed by atoms with Gasteiger partial charge in [0.25, 0.3) is 0 Å². The lowest BCUT2D eigenvalue weighted by Gasteiger charge is -2.32. The van der Waals surface area contributed by atoms with Gasteiger partial charge in [0.15, 0.2) is 11.5 Å². The van der Waals surface area contributed by atoms with Gasteiger partial charge in [0.05, 0.1) is 17.6 Å². The van der Waals surface area contributed by atoms with E-state index in [1.807, 2.05) is 48.5 Å². The Balaban J connectivity index is 1.05. The second-order valence-electron chi connectivity index (χ2n) is 9.56. The standard InChI is InChI=1S/C29H30N4O4/c34-29(30-22-10-11-26-27(16-22)37-20-36-26)18-32-14-12-21(13-15-32)17-33-25-9-5-4-8-24(25)31-28(33)19-35-23-6-2-1-3-7-23/h1-11,16,21H,12-15,17-20H2,(H,30,34). The molecule has 0 unspecified atom stereocenters. The van der Waals surface area contributed by atoms with Crippen molar-refractivity contribution < 1.29 is 19.0 Å². The molecule has 0 spiro atoms. The number of rotatable bonds is 8. The smallest absolute Gasteiger partial charge is 0.238 e. The van der Waals surface area contributed by atoms with Gasteiger partial charge in [-0.25, -0.2) is 4.98 Å². The van der Waals surface area contributed by atoms with Crippen LogP contribution in [0.1, 0.15) is 18.7 Å². The molecule has 0 radical (unpaired) electrons. The minimum Gasteiger partial charge on any atom is -0.486 e. The summed E-state index contributed by atoms with van der Waals surface area (Å²) in [5, 5.41) is 2.98. The van der Waals surface area contributed by atoms with Gasteiger partial charge in [0, 0.05) is 18.3 Å². The average molecular weight is 499 g/mol. The maximum Gasteiger partial charge on any atom is 0.238 e. The molecule has 37 heavy (non-hydrogen) atoms. The second-order valence-corrected chi connectivity index (χ2v) is 9.56.